The molecule has 3 rings (SSSR count). The molecule has 2 heterocycles. The van der Waals surface area contributed by atoms with Crippen molar-refractivity contribution in [2.45, 2.75) is 50.0 Å². The molecule has 2 N–H and O–H groups in total. The zero-order valence-electron chi connectivity index (χ0n) is 11.6. The average molecular weight is 298 g/mol. The number of hydrogen-bond donors (Lipinski definition) is 2. The number of piperidine rings is 1. The first-order valence-electron chi connectivity index (χ1n) is 7.34. The van der Waals surface area contributed by atoms with E-state index in [0.717, 1.165) is 12.8 Å². The number of nitrogens with one attached hydrogen (secondary N) is 1. The minimum atomic E-state index is -3.41. The Kier molecular flexibility index (Phi) is 3.64. The zero-order valence-corrected chi connectivity index (χ0v) is 12.5. The van der Waals surface area contributed by atoms with Crippen LogP contribution >= 0.6 is 0 Å². The largest absolute Gasteiger partial charge is 0.390 e. The Balaban J connectivity index is 1.73. The predicted molar refractivity (Wildman–Crippen MR) is 75.6 cm³/mol. The monoisotopic (exact) mass is 298 g/mol. The van der Waals surface area contributed by atoms with Crippen molar-refractivity contribution in [3.8, 4) is 0 Å². The number of aliphatic hydroxyl groups excluding tert-OH is 1. The third-order valence-corrected chi connectivity index (χ3v) is 6.85. The molecule has 1 aromatic rings. The van der Waals surface area contributed by atoms with Crippen LogP contribution in [0.15, 0.2) is 17.2 Å². The topological polar surface area (TPSA) is 73.4 Å². The molecule has 0 unspecified atom stereocenters. The lowest BCUT2D eigenvalue weighted by molar-refractivity contribution is 0.160. The van der Waals surface area contributed by atoms with E-state index < -0.39 is 10.0 Å². The van der Waals surface area contributed by atoms with Gasteiger partial charge in [0, 0.05) is 25.0 Å². The summed E-state index contributed by atoms with van der Waals surface area (Å²) in [6.07, 6.45) is 8.57. The molecule has 112 valence electrons. The van der Waals surface area contributed by atoms with Crippen LogP contribution in [0, 0.1) is 5.41 Å². The summed E-state index contributed by atoms with van der Waals surface area (Å²) in [6, 6.07) is 1.52. The molecule has 0 amide bonds. The van der Waals surface area contributed by atoms with Gasteiger partial charge in [-0.25, -0.2) is 8.42 Å². The van der Waals surface area contributed by atoms with Crippen LogP contribution < -0.4 is 0 Å². The van der Waals surface area contributed by atoms with Crippen LogP contribution in [0.5, 0.6) is 0 Å². The number of sulfonamides is 1. The van der Waals surface area contributed by atoms with Gasteiger partial charge < -0.3 is 10.1 Å². The Morgan fingerprint density at radius 2 is 1.85 bits per heavy atom. The number of aliphatic hydroxyl groups is 1. The normalized spacial score (nSPS) is 23.4. The van der Waals surface area contributed by atoms with Crippen LogP contribution in [0.4, 0.5) is 0 Å². The summed E-state index contributed by atoms with van der Waals surface area (Å²) in [7, 11) is -3.41. The highest BCUT2D eigenvalue weighted by atomic mass is 32.2. The standard InChI is InChI=1S/C14H22N2O3S/c17-11-12-9-13(10-15-12)20(18,19)16-7-5-14(6-8-16)3-1-2-4-14/h9-10,15,17H,1-8,11H2. The Morgan fingerprint density at radius 3 is 2.40 bits per heavy atom. The third kappa shape index (κ3) is 2.40. The molecule has 0 radical (unpaired) electrons. The first-order chi connectivity index (χ1) is 9.56. The van der Waals surface area contributed by atoms with Gasteiger partial charge in [-0.2, -0.15) is 4.31 Å². The Hall–Kier alpha value is -0.850. The molecule has 1 aliphatic carbocycles. The van der Waals surface area contributed by atoms with E-state index in [-0.39, 0.29) is 11.5 Å². The van der Waals surface area contributed by atoms with Gasteiger partial charge in [-0.05, 0) is 37.2 Å². The minimum Gasteiger partial charge on any atom is -0.390 e. The van der Waals surface area contributed by atoms with Crippen molar-refractivity contribution < 1.29 is 13.5 Å². The second-order valence-corrected chi connectivity index (χ2v) is 8.07. The van der Waals surface area contributed by atoms with E-state index in [9.17, 15) is 8.42 Å². The molecule has 0 bridgehead atoms. The number of aromatic nitrogens is 1. The number of nitrogens with zero attached hydrogens (tertiary/aromatic N) is 1. The Labute approximate surface area is 120 Å². The van der Waals surface area contributed by atoms with Gasteiger partial charge in [0.15, 0.2) is 0 Å². The van der Waals surface area contributed by atoms with Gasteiger partial charge in [-0.1, -0.05) is 12.8 Å². The van der Waals surface area contributed by atoms with E-state index in [4.69, 9.17) is 5.11 Å². The smallest absolute Gasteiger partial charge is 0.244 e. The van der Waals surface area contributed by atoms with Crippen LogP contribution in [0.2, 0.25) is 0 Å². The molecular weight excluding hydrogens is 276 g/mol. The molecule has 0 atom stereocenters. The highest BCUT2D eigenvalue weighted by molar-refractivity contribution is 7.89. The molecule has 1 saturated heterocycles. The zero-order chi connectivity index (χ0) is 14.2. The second-order valence-electron chi connectivity index (χ2n) is 6.13. The molecule has 1 aromatic heterocycles. The Bertz CT molecular complexity index is 563. The molecule has 20 heavy (non-hydrogen) atoms. The lowest BCUT2D eigenvalue weighted by Gasteiger charge is -2.38. The molecule has 1 aliphatic heterocycles. The SMILES string of the molecule is O=S(=O)(c1c[nH]c(CO)c1)N1CCC2(CCCC2)CC1. The number of hydrogen-bond acceptors (Lipinski definition) is 3. The van der Waals surface area contributed by atoms with Crippen molar-refractivity contribution in [1.29, 1.82) is 0 Å². The van der Waals surface area contributed by atoms with Gasteiger partial charge >= 0.3 is 0 Å². The quantitative estimate of drug-likeness (QED) is 0.894. The molecule has 6 heteroatoms. The third-order valence-electron chi connectivity index (χ3n) is 4.97. The molecule has 2 fully saturated rings. The predicted octanol–water partition coefficient (Wildman–Crippen LogP) is 1.85. The van der Waals surface area contributed by atoms with Crippen molar-refractivity contribution >= 4 is 10.0 Å². The van der Waals surface area contributed by atoms with Crippen LogP contribution in [-0.4, -0.2) is 35.9 Å². The molecule has 2 aliphatic rings. The van der Waals surface area contributed by atoms with E-state index in [2.05, 4.69) is 4.98 Å². The molecule has 1 saturated carbocycles. The van der Waals surface area contributed by atoms with Gasteiger partial charge in [-0.3, -0.25) is 0 Å². The first kappa shape index (κ1) is 14.1. The van der Waals surface area contributed by atoms with E-state index in [1.54, 1.807) is 4.31 Å². The van der Waals surface area contributed by atoms with Crippen molar-refractivity contribution in [1.82, 2.24) is 9.29 Å². The fraction of sp³-hybridized carbons (Fsp3) is 0.714. The fourth-order valence-corrected chi connectivity index (χ4v) is 5.09. The van der Waals surface area contributed by atoms with Gasteiger partial charge in [0.2, 0.25) is 10.0 Å². The summed E-state index contributed by atoms with van der Waals surface area (Å²) in [5.74, 6) is 0. The van der Waals surface area contributed by atoms with Gasteiger partial charge in [0.05, 0.1) is 11.5 Å². The Morgan fingerprint density at radius 1 is 1.20 bits per heavy atom. The van der Waals surface area contributed by atoms with E-state index in [1.165, 1.54) is 37.9 Å². The van der Waals surface area contributed by atoms with Crippen LogP contribution in [0.1, 0.15) is 44.2 Å². The van der Waals surface area contributed by atoms with Gasteiger partial charge in [0.1, 0.15) is 0 Å². The summed E-state index contributed by atoms with van der Waals surface area (Å²) < 4.78 is 26.7. The summed E-state index contributed by atoms with van der Waals surface area (Å²) in [6.45, 7) is 1.09. The number of rotatable bonds is 3. The van der Waals surface area contributed by atoms with Crippen LogP contribution in [-0.2, 0) is 16.6 Å². The second kappa shape index (κ2) is 5.16. The average Bonchev–Trinajstić information content (AvgIpc) is 3.09. The molecular formula is C14H22N2O3S. The van der Waals surface area contributed by atoms with Gasteiger partial charge in [0.25, 0.3) is 0 Å². The van der Waals surface area contributed by atoms with Crippen molar-refractivity contribution in [3.05, 3.63) is 18.0 Å². The maximum absolute atomic E-state index is 12.5. The molecule has 5 nitrogen and oxygen atoms in total. The summed E-state index contributed by atoms with van der Waals surface area (Å²) in [5.41, 5.74) is 0.952. The van der Waals surface area contributed by atoms with Crippen molar-refractivity contribution in [2.75, 3.05) is 13.1 Å². The molecule has 0 aromatic carbocycles. The lowest BCUT2D eigenvalue weighted by Crippen LogP contribution is -2.42. The molecule has 1 spiro atoms. The van der Waals surface area contributed by atoms with Crippen LogP contribution in [0.3, 0.4) is 0 Å². The first-order valence-corrected chi connectivity index (χ1v) is 8.78. The van der Waals surface area contributed by atoms with E-state index in [0.29, 0.717) is 24.2 Å². The van der Waals surface area contributed by atoms with E-state index in [1.807, 2.05) is 0 Å². The summed E-state index contributed by atoms with van der Waals surface area (Å²) >= 11 is 0. The van der Waals surface area contributed by atoms with Crippen molar-refractivity contribution in [3.63, 3.8) is 0 Å². The maximum Gasteiger partial charge on any atom is 0.244 e. The number of aromatic amines is 1. The highest BCUT2D eigenvalue weighted by Gasteiger charge is 2.40. The highest BCUT2D eigenvalue weighted by Crippen LogP contribution is 2.46. The number of H-pyrrole nitrogens is 1. The summed E-state index contributed by atoms with van der Waals surface area (Å²) in [4.78, 5) is 3.06. The maximum atomic E-state index is 12.5. The van der Waals surface area contributed by atoms with Gasteiger partial charge in [-0.15, -0.1) is 0 Å². The van der Waals surface area contributed by atoms with Crippen LogP contribution in [0.25, 0.3) is 0 Å². The summed E-state index contributed by atoms with van der Waals surface area (Å²) in [5, 5.41) is 9.03. The lowest BCUT2D eigenvalue weighted by atomic mass is 9.78. The minimum absolute atomic E-state index is 0.168. The fourth-order valence-electron chi connectivity index (χ4n) is 3.63. The van der Waals surface area contributed by atoms with Crippen molar-refractivity contribution in [2.24, 2.45) is 5.41 Å². The van der Waals surface area contributed by atoms with E-state index >= 15 is 0 Å².